The van der Waals surface area contributed by atoms with Gasteiger partial charge in [0, 0.05) is 18.1 Å². The van der Waals surface area contributed by atoms with Crippen LogP contribution in [0.2, 0.25) is 0 Å². The maximum atomic E-state index is 12.9. The van der Waals surface area contributed by atoms with Gasteiger partial charge in [0.2, 0.25) is 5.65 Å². The van der Waals surface area contributed by atoms with E-state index in [1.807, 2.05) is 48.5 Å². The van der Waals surface area contributed by atoms with E-state index in [1.54, 1.807) is 31.0 Å². The van der Waals surface area contributed by atoms with Crippen LogP contribution in [0.3, 0.4) is 0 Å². The molecular formula is C20H18N4O3S. The summed E-state index contributed by atoms with van der Waals surface area (Å²) < 4.78 is 13.8. The van der Waals surface area contributed by atoms with Crippen molar-refractivity contribution in [2.75, 3.05) is 14.2 Å². The zero-order chi connectivity index (χ0) is 19.5. The Morgan fingerprint density at radius 1 is 1.00 bits per heavy atom. The van der Waals surface area contributed by atoms with E-state index in [-0.39, 0.29) is 11.2 Å². The SMILES string of the molecule is COc1cccc(CSc2nnc3c(=O)n(-c4ccccc4OC)ccn23)c1. The maximum Gasteiger partial charge on any atom is 0.300 e. The van der Waals surface area contributed by atoms with Crippen molar-refractivity contribution in [3.8, 4) is 17.2 Å². The Hall–Kier alpha value is -3.26. The Morgan fingerprint density at radius 2 is 1.86 bits per heavy atom. The first-order valence-corrected chi connectivity index (χ1v) is 9.55. The van der Waals surface area contributed by atoms with Gasteiger partial charge in [0.25, 0.3) is 0 Å². The quantitative estimate of drug-likeness (QED) is 0.468. The molecule has 28 heavy (non-hydrogen) atoms. The van der Waals surface area contributed by atoms with Crippen molar-refractivity contribution in [2.45, 2.75) is 10.9 Å². The molecule has 0 spiro atoms. The number of nitrogens with zero attached hydrogens (tertiary/aromatic N) is 4. The number of hydrogen-bond acceptors (Lipinski definition) is 6. The molecule has 0 saturated heterocycles. The van der Waals surface area contributed by atoms with Gasteiger partial charge in [-0.05, 0) is 29.8 Å². The van der Waals surface area contributed by atoms with Crippen molar-refractivity contribution in [1.29, 1.82) is 0 Å². The van der Waals surface area contributed by atoms with Gasteiger partial charge in [-0.2, -0.15) is 0 Å². The van der Waals surface area contributed by atoms with Crippen molar-refractivity contribution < 1.29 is 9.47 Å². The van der Waals surface area contributed by atoms with Gasteiger partial charge < -0.3 is 9.47 Å². The first kappa shape index (κ1) is 18.1. The van der Waals surface area contributed by atoms with Crippen molar-refractivity contribution in [2.24, 2.45) is 0 Å². The molecule has 4 rings (SSSR count). The first-order valence-electron chi connectivity index (χ1n) is 8.57. The fourth-order valence-electron chi connectivity index (χ4n) is 2.89. The molecule has 0 aliphatic rings. The molecule has 0 aliphatic carbocycles. The lowest BCUT2D eigenvalue weighted by molar-refractivity contribution is 0.412. The first-order chi connectivity index (χ1) is 13.7. The molecule has 7 nitrogen and oxygen atoms in total. The van der Waals surface area contributed by atoms with Crippen LogP contribution < -0.4 is 15.0 Å². The van der Waals surface area contributed by atoms with Gasteiger partial charge in [0.1, 0.15) is 11.5 Å². The second-order valence-corrected chi connectivity index (χ2v) is 6.90. The van der Waals surface area contributed by atoms with Crippen molar-refractivity contribution in [1.82, 2.24) is 19.2 Å². The van der Waals surface area contributed by atoms with Crippen molar-refractivity contribution >= 4 is 17.4 Å². The molecule has 0 amide bonds. The van der Waals surface area contributed by atoms with Crippen LogP contribution in [0.25, 0.3) is 11.3 Å². The van der Waals surface area contributed by atoms with Gasteiger partial charge in [-0.25, -0.2) is 0 Å². The number of aromatic nitrogens is 4. The fourth-order valence-corrected chi connectivity index (χ4v) is 3.75. The largest absolute Gasteiger partial charge is 0.497 e. The summed E-state index contributed by atoms with van der Waals surface area (Å²) in [4.78, 5) is 12.9. The average molecular weight is 394 g/mol. The topological polar surface area (TPSA) is 70.7 Å². The van der Waals surface area contributed by atoms with E-state index in [1.165, 1.54) is 16.3 Å². The minimum absolute atomic E-state index is 0.257. The standard InChI is InChI=1S/C20H18N4O3S/c1-26-15-7-5-6-14(12-15)13-28-20-22-21-18-19(25)23(10-11-24(18)20)16-8-3-4-9-17(16)27-2/h3-12H,13H2,1-2H3. The number of ether oxygens (including phenoxy) is 2. The molecular weight excluding hydrogens is 376 g/mol. The number of thioether (sulfide) groups is 1. The molecule has 0 atom stereocenters. The number of benzene rings is 2. The molecule has 0 fully saturated rings. The summed E-state index contributed by atoms with van der Waals surface area (Å²) in [7, 11) is 3.22. The zero-order valence-corrected chi connectivity index (χ0v) is 16.2. The molecule has 2 aromatic carbocycles. The van der Waals surface area contributed by atoms with Gasteiger partial charge in [0.05, 0.1) is 19.9 Å². The Bertz CT molecular complexity index is 1190. The number of fused-ring (bicyclic) bond motifs is 1. The van der Waals surface area contributed by atoms with E-state index in [2.05, 4.69) is 10.2 Å². The van der Waals surface area contributed by atoms with Gasteiger partial charge in [0.15, 0.2) is 5.16 Å². The number of rotatable bonds is 6. The second-order valence-electron chi connectivity index (χ2n) is 5.96. The Labute approximate surface area is 165 Å². The summed E-state index contributed by atoms with van der Waals surface area (Å²) >= 11 is 1.51. The lowest BCUT2D eigenvalue weighted by Crippen LogP contribution is -2.20. The van der Waals surface area contributed by atoms with Crippen LogP contribution in [0.4, 0.5) is 0 Å². The summed E-state index contributed by atoms with van der Waals surface area (Å²) in [6.45, 7) is 0. The molecule has 4 aromatic rings. The highest BCUT2D eigenvalue weighted by Gasteiger charge is 2.14. The molecule has 142 valence electrons. The third-order valence-corrected chi connectivity index (χ3v) is 5.30. The smallest absolute Gasteiger partial charge is 0.300 e. The van der Waals surface area contributed by atoms with Crippen LogP contribution in [0, 0.1) is 0 Å². The molecule has 2 aromatic heterocycles. The molecule has 0 N–H and O–H groups in total. The van der Waals surface area contributed by atoms with E-state index in [9.17, 15) is 4.79 Å². The van der Waals surface area contributed by atoms with Gasteiger partial charge in [-0.1, -0.05) is 36.0 Å². The predicted molar refractivity (Wildman–Crippen MR) is 108 cm³/mol. The van der Waals surface area contributed by atoms with Crippen molar-refractivity contribution in [3.05, 3.63) is 76.8 Å². The number of methoxy groups -OCH3 is 2. The zero-order valence-electron chi connectivity index (χ0n) is 15.4. The summed E-state index contributed by atoms with van der Waals surface area (Å²) in [6.07, 6.45) is 3.49. The summed E-state index contributed by atoms with van der Waals surface area (Å²) in [5, 5.41) is 8.95. The maximum absolute atomic E-state index is 12.9. The lowest BCUT2D eigenvalue weighted by Gasteiger charge is -2.10. The Balaban J connectivity index is 1.66. The normalized spacial score (nSPS) is 10.9. The number of para-hydroxylation sites is 2. The van der Waals surface area contributed by atoms with Crippen LogP contribution in [0.1, 0.15) is 5.56 Å². The summed E-state index contributed by atoms with van der Waals surface area (Å²) in [5.41, 5.74) is 1.77. The fraction of sp³-hybridized carbons (Fsp3) is 0.150. The van der Waals surface area contributed by atoms with E-state index in [4.69, 9.17) is 9.47 Å². The van der Waals surface area contributed by atoms with Crippen LogP contribution in [0.15, 0.2) is 70.9 Å². The molecule has 8 heteroatoms. The van der Waals surface area contributed by atoms with Gasteiger partial charge in [-0.15, -0.1) is 10.2 Å². The van der Waals surface area contributed by atoms with Crippen LogP contribution >= 0.6 is 11.8 Å². The van der Waals surface area contributed by atoms with Crippen LogP contribution in [0.5, 0.6) is 11.5 Å². The minimum Gasteiger partial charge on any atom is -0.497 e. The molecule has 0 saturated carbocycles. The van der Waals surface area contributed by atoms with Gasteiger partial charge in [-0.3, -0.25) is 13.8 Å². The third-order valence-electron chi connectivity index (χ3n) is 4.29. The lowest BCUT2D eigenvalue weighted by atomic mass is 10.2. The number of hydrogen-bond donors (Lipinski definition) is 0. The minimum atomic E-state index is -0.257. The highest BCUT2D eigenvalue weighted by Crippen LogP contribution is 2.24. The Kier molecular flexibility index (Phi) is 5.03. The molecule has 0 aliphatic heterocycles. The highest BCUT2D eigenvalue weighted by atomic mass is 32.2. The second kappa shape index (κ2) is 7.77. The molecule has 0 bridgehead atoms. The Morgan fingerprint density at radius 3 is 2.68 bits per heavy atom. The molecule has 0 radical (unpaired) electrons. The predicted octanol–water partition coefficient (Wildman–Crippen LogP) is 3.19. The van der Waals surface area contributed by atoms with Crippen LogP contribution in [-0.2, 0) is 5.75 Å². The van der Waals surface area contributed by atoms with E-state index < -0.39 is 0 Å². The highest BCUT2D eigenvalue weighted by molar-refractivity contribution is 7.98. The van der Waals surface area contributed by atoms with E-state index >= 15 is 0 Å². The van der Waals surface area contributed by atoms with E-state index in [0.29, 0.717) is 22.3 Å². The van der Waals surface area contributed by atoms with Crippen molar-refractivity contribution in [3.63, 3.8) is 0 Å². The molecule has 0 unspecified atom stereocenters. The monoisotopic (exact) mass is 394 g/mol. The summed E-state index contributed by atoms with van der Waals surface area (Å²) in [6, 6.07) is 15.2. The van der Waals surface area contributed by atoms with Crippen LogP contribution in [-0.4, -0.2) is 33.4 Å². The molecule has 2 heterocycles. The van der Waals surface area contributed by atoms with Gasteiger partial charge >= 0.3 is 5.56 Å². The van der Waals surface area contributed by atoms with E-state index in [0.717, 1.165) is 11.3 Å². The average Bonchev–Trinajstić information content (AvgIpc) is 3.16. The summed E-state index contributed by atoms with van der Waals surface area (Å²) in [5.74, 6) is 2.11. The third kappa shape index (κ3) is 3.34.